The summed E-state index contributed by atoms with van der Waals surface area (Å²) < 4.78 is 1.44. The molecule has 0 bridgehead atoms. The minimum absolute atomic E-state index is 0.722. The molecule has 0 spiro atoms. The van der Waals surface area contributed by atoms with Gasteiger partial charge in [0.05, 0.1) is 0 Å². The van der Waals surface area contributed by atoms with Crippen LogP contribution in [-0.4, -0.2) is 17.7 Å². The topological polar surface area (TPSA) is 0 Å². The van der Waals surface area contributed by atoms with Crippen LogP contribution in [0.2, 0.25) is 0 Å². The molecule has 0 N–H and O–H groups in total. The van der Waals surface area contributed by atoms with Crippen molar-refractivity contribution in [2.24, 2.45) is 5.92 Å². The van der Waals surface area contributed by atoms with E-state index in [9.17, 15) is 0 Å². The van der Waals surface area contributed by atoms with Crippen LogP contribution in [0.15, 0.2) is 34.6 Å². The monoisotopic (exact) mass is 180 g/mol. The Hall–Kier alpha value is -0.443. The second-order valence-corrected chi connectivity index (χ2v) is 4.44. The molecular formula is C13H17Li. The van der Waals surface area contributed by atoms with E-state index in [-0.39, 0.29) is 0 Å². The summed E-state index contributed by atoms with van der Waals surface area (Å²) in [7, 11) is 0. The van der Waals surface area contributed by atoms with Gasteiger partial charge in [0.1, 0.15) is 0 Å². The molecule has 0 aliphatic heterocycles. The van der Waals surface area contributed by atoms with Crippen LogP contribution in [0.1, 0.15) is 32.8 Å². The Balaban J connectivity index is 2.97. The van der Waals surface area contributed by atoms with Crippen molar-refractivity contribution in [2.45, 2.75) is 27.2 Å². The minimum atomic E-state index is 0.722. The first-order valence-corrected chi connectivity index (χ1v) is 5.33. The van der Waals surface area contributed by atoms with Crippen molar-refractivity contribution in [2.75, 3.05) is 0 Å². The molecule has 1 aromatic rings. The summed E-state index contributed by atoms with van der Waals surface area (Å²) in [6.45, 7) is 6.74. The van der Waals surface area contributed by atoms with E-state index in [1.807, 2.05) is 0 Å². The molecule has 0 heterocycles. The number of rotatable bonds is 3. The molecule has 0 saturated carbocycles. The molecule has 0 radical (unpaired) electrons. The summed E-state index contributed by atoms with van der Waals surface area (Å²) in [5.74, 6) is 0.722. The maximum absolute atomic E-state index is 2.27. The first-order chi connectivity index (χ1) is 6.61. The van der Waals surface area contributed by atoms with E-state index in [4.69, 9.17) is 0 Å². The van der Waals surface area contributed by atoms with Crippen molar-refractivity contribution in [1.29, 1.82) is 0 Å². The summed E-state index contributed by atoms with van der Waals surface area (Å²) in [6.07, 6.45) is 1.17. The summed E-state index contributed by atoms with van der Waals surface area (Å²) >= 11 is 2.20. The van der Waals surface area contributed by atoms with Gasteiger partial charge in [0.25, 0.3) is 0 Å². The molecule has 1 rings (SSSR count). The van der Waals surface area contributed by atoms with Crippen LogP contribution in [0.4, 0.5) is 0 Å². The van der Waals surface area contributed by atoms with Gasteiger partial charge in [0, 0.05) is 0 Å². The van der Waals surface area contributed by atoms with E-state index in [0.717, 1.165) is 5.92 Å². The Bertz CT molecular complexity index is 305. The van der Waals surface area contributed by atoms with Gasteiger partial charge in [-0.1, -0.05) is 0 Å². The van der Waals surface area contributed by atoms with E-state index in [1.54, 1.807) is 0 Å². The number of hydrogen-bond acceptors (Lipinski definition) is 0. The summed E-state index contributed by atoms with van der Waals surface area (Å²) in [4.78, 5) is 0. The van der Waals surface area contributed by atoms with Crippen molar-refractivity contribution >= 4 is 23.3 Å². The predicted molar refractivity (Wildman–Crippen MR) is 64.2 cm³/mol. The Morgan fingerprint density at radius 2 is 1.79 bits per heavy atom. The second kappa shape index (κ2) is 5.44. The Morgan fingerprint density at radius 3 is 2.21 bits per heavy atom. The molecule has 14 heavy (non-hydrogen) atoms. The molecule has 0 unspecified atom stereocenters. The number of hydrogen-bond donors (Lipinski definition) is 0. The third-order valence-electron chi connectivity index (χ3n) is 2.34. The molecule has 0 saturated heterocycles. The van der Waals surface area contributed by atoms with Crippen LogP contribution in [0.3, 0.4) is 0 Å². The van der Waals surface area contributed by atoms with Crippen molar-refractivity contribution in [3.63, 3.8) is 0 Å². The molecule has 0 atom stereocenters. The predicted octanol–water partition coefficient (Wildman–Crippen LogP) is 3.63. The molecule has 0 amide bonds. The summed E-state index contributed by atoms with van der Waals surface area (Å²) in [5, 5.41) is 0. The van der Waals surface area contributed by atoms with Gasteiger partial charge in [-0.3, -0.25) is 0 Å². The van der Waals surface area contributed by atoms with E-state index < -0.39 is 0 Å². The summed E-state index contributed by atoms with van der Waals surface area (Å²) in [5.41, 5.74) is 2.88. The molecule has 1 aromatic carbocycles. The van der Waals surface area contributed by atoms with Crippen molar-refractivity contribution in [1.82, 2.24) is 0 Å². The molecule has 70 valence electrons. The van der Waals surface area contributed by atoms with E-state index in [2.05, 4.69) is 68.8 Å². The SMILES string of the molecule is [Li][C](C)=C(CC(C)C)c1ccccc1. The van der Waals surface area contributed by atoms with Gasteiger partial charge in [-0.05, 0) is 0 Å². The van der Waals surface area contributed by atoms with Crippen LogP contribution >= 0.6 is 0 Å². The quantitative estimate of drug-likeness (QED) is 0.623. The molecule has 0 nitrogen and oxygen atoms in total. The van der Waals surface area contributed by atoms with Gasteiger partial charge in [0.15, 0.2) is 0 Å². The Kier molecular flexibility index (Phi) is 4.52. The normalized spacial score (nSPS) is 13.0. The fraction of sp³-hybridized carbons (Fsp3) is 0.385. The average Bonchev–Trinajstić information content (AvgIpc) is 2.15. The van der Waals surface area contributed by atoms with Crippen LogP contribution in [-0.2, 0) is 0 Å². The van der Waals surface area contributed by atoms with Crippen LogP contribution in [0.5, 0.6) is 0 Å². The standard InChI is InChI=1S/C13H17.Li/c1-4-12(10-11(2)3)13-8-6-5-7-9-13;/h5-9,11H,10H2,1-3H3;. The van der Waals surface area contributed by atoms with Crippen LogP contribution < -0.4 is 0 Å². The van der Waals surface area contributed by atoms with Gasteiger partial charge in [0.2, 0.25) is 0 Å². The molecule has 0 aliphatic rings. The Labute approximate surface area is 96.6 Å². The van der Waals surface area contributed by atoms with Gasteiger partial charge in [-0.15, -0.1) is 0 Å². The first-order valence-electron chi connectivity index (χ1n) is 5.33. The zero-order valence-electron chi connectivity index (χ0n) is 9.67. The Morgan fingerprint density at radius 1 is 1.21 bits per heavy atom. The van der Waals surface area contributed by atoms with Gasteiger partial charge >= 0.3 is 96.5 Å². The van der Waals surface area contributed by atoms with Crippen molar-refractivity contribution in [3.8, 4) is 0 Å². The van der Waals surface area contributed by atoms with Gasteiger partial charge in [-0.25, -0.2) is 0 Å². The average molecular weight is 180 g/mol. The van der Waals surface area contributed by atoms with E-state index in [1.165, 1.54) is 21.8 Å². The molecule has 1 heteroatoms. The fourth-order valence-electron chi connectivity index (χ4n) is 1.66. The second-order valence-electron chi connectivity index (χ2n) is 4.44. The first kappa shape index (κ1) is 11.6. The van der Waals surface area contributed by atoms with E-state index >= 15 is 0 Å². The third kappa shape index (κ3) is 3.37. The number of benzene rings is 1. The molecular weight excluding hydrogens is 163 g/mol. The zero-order chi connectivity index (χ0) is 10.6. The molecule has 0 aliphatic carbocycles. The molecule has 0 fully saturated rings. The van der Waals surface area contributed by atoms with Gasteiger partial charge < -0.3 is 0 Å². The maximum atomic E-state index is 2.27. The summed E-state index contributed by atoms with van der Waals surface area (Å²) in [6, 6.07) is 10.7. The van der Waals surface area contributed by atoms with Crippen LogP contribution in [0.25, 0.3) is 5.57 Å². The van der Waals surface area contributed by atoms with E-state index in [0.29, 0.717) is 0 Å². The fourth-order valence-corrected chi connectivity index (χ4v) is 1.66. The zero-order valence-corrected chi connectivity index (χ0v) is 9.67. The molecule has 0 aromatic heterocycles. The third-order valence-corrected chi connectivity index (χ3v) is 2.34. The van der Waals surface area contributed by atoms with Crippen LogP contribution in [0, 0.1) is 5.92 Å². The van der Waals surface area contributed by atoms with Crippen molar-refractivity contribution < 1.29 is 0 Å². The number of allylic oxidation sites excluding steroid dienone is 2. The van der Waals surface area contributed by atoms with Gasteiger partial charge in [-0.2, -0.15) is 0 Å². The van der Waals surface area contributed by atoms with Crippen molar-refractivity contribution in [3.05, 3.63) is 40.1 Å².